The quantitative estimate of drug-likeness (QED) is 0.642. The van der Waals surface area contributed by atoms with Crippen molar-refractivity contribution in [3.63, 3.8) is 0 Å². The van der Waals surface area contributed by atoms with Gasteiger partial charge in [-0.15, -0.1) is 0 Å². The number of hydrogen-bond acceptors (Lipinski definition) is 5. The summed E-state index contributed by atoms with van der Waals surface area (Å²) in [4.78, 5) is 13.4. The minimum atomic E-state index is -0.304. The molecule has 0 unspecified atom stereocenters. The fourth-order valence-corrected chi connectivity index (χ4v) is 2.13. The van der Waals surface area contributed by atoms with Crippen molar-refractivity contribution in [2.24, 2.45) is 0 Å². The smallest absolute Gasteiger partial charge is 0.330 e. The van der Waals surface area contributed by atoms with E-state index in [9.17, 15) is 4.79 Å². The topological polar surface area (TPSA) is 50.8 Å². The highest BCUT2D eigenvalue weighted by Crippen LogP contribution is 2.18. The molecule has 1 aliphatic heterocycles. The van der Waals surface area contributed by atoms with E-state index in [1.54, 1.807) is 13.0 Å². The summed E-state index contributed by atoms with van der Waals surface area (Å²) in [5, 5.41) is 3.23. The Morgan fingerprint density at radius 1 is 1.33 bits per heavy atom. The second-order valence-electron chi connectivity index (χ2n) is 4.68. The summed E-state index contributed by atoms with van der Waals surface area (Å²) in [6.07, 6.45) is 3.20. The van der Waals surface area contributed by atoms with Crippen molar-refractivity contribution in [2.45, 2.75) is 6.92 Å². The summed E-state index contributed by atoms with van der Waals surface area (Å²) >= 11 is 0. The molecule has 21 heavy (non-hydrogen) atoms. The van der Waals surface area contributed by atoms with E-state index in [1.807, 2.05) is 12.1 Å². The average molecular weight is 290 g/mol. The number of nitrogens with one attached hydrogen (secondary N) is 1. The molecule has 0 saturated carbocycles. The van der Waals surface area contributed by atoms with Crippen molar-refractivity contribution in [1.29, 1.82) is 0 Å². The van der Waals surface area contributed by atoms with Crippen molar-refractivity contribution >= 4 is 17.3 Å². The van der Waals surface area contributed by atoms with Crippen LogP contribution in [0.3, 0.4) is 0 Å². The molecule has 0 bridgehead atoms. The molecule has 114 valence electrons. The lowest BCUT2D eigenvalue weighted by atomic mass is 10.2. The van der Waals surface area contributed by atoms with Crippen LogP contribution in [0.25, 0.3) is 0 Å². The zero-order valence-corrected chi connectivity index (χ0v) is 12.4. The first-order chi connectivity index (χ1) is 10.3. The van der Waals surface area contributed by atoms with Crippen LogP contribution in [0.4, 0.5) is 11.4 Å². The highest BCUT2D eigenvalue weighted by molar-refractivity contribution is 5.81. The Bertz CT molecular complexity index is 465. The van der Waals surface area contributed by atoms with Gasteiger partial charge in [-0.2, -0.15) is 0 Å². The van der Waals surface area contributed by atoms with Gasteiger partial charge in [0.15, 0.2) is 0 Å². The second-order valence-corrected chi connectivity index (χ2v) is 4.68. The lowest BCUT2D eigenvalue weighted by Gasteiger charge is -2.28. The number of hydrogen-bond donors (Lipinski definition) is 1. The van der Waals surface area contributed by atoms with E-state index in [-0.39, 0.29) is 5.97 Å². The standard InChI is InChI=1S/C16H22N2O3/c1-2-21-16(19)4-3-9-17-14-5-7-15(8-6-14)18-10-12-20-13-11-18/h3-8,17H,2,9-13H2,1H3/b4-3+. The largest absolute Gasteiger partial charge is 0.463 e. The van der Waals surface area contributed by atoms with E-state index in [0.717, 1.165) is 32.0 Å². The monoisotopic (exact) mass is 290 g/mol. The van der Waals surface area contributed by atoms with Gasteiger partial charge in [-0.3, -0.25) is 0 Å². The highest BCUT2D eigenvalue weighted by atomic mass is 16.5. The molecule has 0 spiro atoms. The van der Waals surface area contributed by atoms with Gasteiger partial charge in [0.1, 0.15) is 0 Å². The molecule has 5 heteroatoms. The van der Waals surface area contributed by atoms with Gasteiger partial charge < -0.3 is 19.7 Å². The number of nitrogens with zero attached hydrogens (tertiary/aromatic N) is 1. The minimum Gasteiger partial charge on any atom is -0.463 e. The third-order valence-corrected chi connectivity index (χ3v) is 3.21. The zero-order valence-electron chi connectivity index (χ0n) is 12.4. The molecule has 0 aromatic heterocycles. The summed E-state index contributed by atoms with van der Waals surface area (Å²) in [5.74, 6) is -0.304. The van der Waals surface area contributed by atoms with Crippen molar-refractivity contribution in [3.05, 3.63) is 36.4 Å². The Balaban J connectivity index is 1.78. The molecular formula is C16H22N2O3. The van der Waals surface area contributed by atoms with Crippen LogP contribution < -0.4 is 10.2 Å². The first-order valence-electron chi connectivity index (χ1n) is 7.29. The van der Waals surface area contributed by atoms with Crippen LogP contribution in [0.2, 0.25) is 0 Å². The van der Waals surface area contributed by atoms with Crippen molar-refractivity contribution in [3.8, 4) is 0 Å². The lowest BCUT2D eigenvalue weighted by molar-refractivity contribution is -0.137. The average Bonchev–Trinajstić information content (AvgIpc) is 2.53. The maximum atomic E-state index is 11.1. The maximum Gasteiger partial charge on any atom is 0.330 e. The SMILES string of the molecule is CCOC(=O)/C=C/CNc1ccc(N2CCOCC2)cc1. The van der Waals surface area contributed by atoms with Gasteiger partial charge in [0.05, 0.1) is 19.8 Å². The predicted octanol–water partition coefficient (Wildman–Crippen LogP) is 2.05. The third kappa shape index (κ3) is 5.11. The molecule has 1 N–H and O–H groups in total. The Labute approximate surface area is 125 Å². The number of anilines is 2. The molecule has 1 aromatic rings. The van der Waals surface area contributed by atoms with Crippen molar-refractivity contribution in [2.75, 3.05) is 49.7 Å². The van der Waals surface area contributed by atoms with E-state index >= 15 is 0 Å². The second kappa shape index (κ2) is 8.32. The van der Waals surface area contributed by atoms with Gasteiger partial charge in [0.2, 0.25) is 0 Å². The van der Waals surface area contributed by atoms with Gasteiger partial charge in [-0.05, 0) is 31.2 Å². The molecule has 0 radical (unpaired) electrons. The molecule has 0 atom stereocenters. The number of esters is 1. The molecule has 1 heterocycles. The molecule has 5 nitrogen and oxygen atoms in total. The number of morpholine rings is 1. The van der Waals surface area contributed by atoms with E-state index in [0.29, 0.717) is 13.2 Å². The first kappa shape index (κ1) is 15.4. The minimum absolute atomic E-state index is 0.304. The van der Waals surface area contributed by atoms with Crippen LogP contribution in [-0.4, -0.2) is 45.4 Å². The van der Waals surface area contributed by atoms with Crippen LogP contribution in [0.5, 0.6) is 0 Å². The number of rotatable bonds is 6. The van der Waals surface area contributed by atoms with Crippen LogP contribution in [0, 0.1) is 0 Å². The summed E-state index contributed by atoms with van der Waals surface area (Å²) in [6.45, 7) is 6.25. The van der Waals surface area contributed by atoms with E-state index in [2.05, 4.69) is 22.3 Å². The Hall–Kier alpha value is -2.01. The number of ether oxygens (including phenoxy) is 2. The van der Waals surface area contributed by atoms with Crippen molar-refractivity contribution < 1.29 is 14.3 Å². The molecule has 0 aliphatic carbocycles. The molecular weight excluding hydrogens is 268 g/mol. The molecule has 1 aliphatic rings. The van der Waals surface area contributed by atoms with Crippen LogP contribution >= 0.6 is 0 Å². The molecule has 0 amide bonds. The van der Waals surface area contributed by atoms with Crippen LogP contribution in [-0.2, 0) is 14.3 Å². The maximum absolute atomic E-state index is 11.1. The van der Waals surface area contributed by atoms with Crippen molar-refractivity contribution in [1.82, 2.24) is 0 Å². The summed E-state index contributed by atoms with van der Waals surface area (Å²) in [5.41, 5.74) is 2.24. The fraction of sp³-hybridized carbons (Fsp3) is 0.438. The Kier molecular flexibility index (Phi) is 6.09. The Morgan fingerprint density at radius 3 is 2.71 bits per heavy atom. The van der Waals surface area contributed by atoms with Crippen LogP contribution in [0.15, 0.2) is 36.4 Å². The summed E-state index contributed by atoms with van der Waals surface area (Å²) < 4.78 is 10.2. The van der Waals surface area contributed by atoms with Gasteiger partial charge in [0.25, 0.3) is 0 Å². The van der Waals surface area contributed by atoms with Gasteiger partial charge in [0, 0.05) is 37.1 Å². The van der Waals surface area contributed by atoms with E-state index in [1.165, 1.54) is 11.8 Å². The molecule has 1 saturated heterocycles. The van der Waals surface area contributed by atoms with E-state index in [4.69, 9.17) is 9.47 Å². The predicted molar refractivity (Wildman–Crippen MR) is 83.7 cm³/mol. The highest BCUT2D eigenvalue weighted by Gasteiger charge is 2.10. The van der Waals surface area contributed by atoms with Gasteiger partial charge in [-0.1, -0.05) is 6.08 Å². The number of benzene rings is 1. The molecule has 1 fully saturated rings. The third-order valence-electron chi connectivity index (χ3n) is 3.21. The van der Waals surface area contributed by atoms with E-state index < -0.39 is 0 Å². The lowest BCUT2D eigenvalue weighted by Crippen LogP contribution is -2.36. The number of carbonyl (C=O) groups excluding carboxylic acids is 1. The summed E-state index contributed by atoms with van der Waals surface area (Å²) in [6, 6.07) is 8.29. The number of carbonyl (C=O) groups is 1. The molecule has 2 rings (SSSR count). The Morgan fingerprint density at radius 2 is 2.05 bits per heavy atom. The fourth-order valence-electron chi connectivity index (χ4n) is 2.13. The zero-order chi connectivity index (χ0) is 14.9. The van der Waals surface area contributed by atoms with Gasteiger partial charge in [-0.25, -0.2) is 4.79 Å². The van der Waals surface area contributed by atoms with Crippen LogP contribution in [0.1, 0.15) is 6.92 Å². The van der Waals surface area contributed by atoms with Gasteiger partial charge >= 0.3 is 5.97 Å². The normalized spacial score (nSPS) is 15.2. The first-order valence-corrected chi connectivity index (χ1v) is 7.29. The molecule has 1 aromatic carbocycles. The summed E-state index contributed by atoms with van der Waals surface area (Å²) in [7, 11) is 0.